The predicted octanol–water partition coefficient (Wildman–Crippen LogP) is 4.65. The van der Waals surface area contributed by atoms with Crippen LogP contribution in [0.4, 0.5) is 0 Å². The van der Waals surface area contributed by atoms with E-state index in [0.717, 1.165) is 16.9 Å². The average Bonchev–Trinajstić information content (AvgIpc) is 2.28. The van der Waals surface area contributed by atoms with E-state index < -0.39 is 0 Å². The summed E-state index contributed by atoms with van der Waals surface area (Å²) >= 11 is 3.49. The Morgan fingerprint density at radius 1 is 1.17 bits per heavy atom. The Balaban J connectivity index is 2.54. The third kappa shape index (κ3) is 6.55. The summed E-state index contributed by atoms with van der Waals surface area (Å²) in [5.41, 5.74) is 1.87. The van der Waals surface area contributed by atoms with Crippen molar-refractivity contribution in [2.75, 3.05) is 13.6 Å². The highest BCUT2D eigenvalue weighted by atomic mass is 79.9. The van der Waals surface area contributed by atoms with Gasteiger partial charge in [0.25, 0.3) is 0 Å². The topological polar surface area (TPSA) is 12.0 Å². The molecule has 1 aromatic carbocycles. The van der Waals surface area contributed by atoms with Crippen LogP contribution in [0.2, 0.25) is 0 Å². The van der Waals surface area contributed by atoms with Crippen LogP contribution in [0.15, 0.2) is 28.7 Å². The van der Waals surface area contributed by atoms with Crippen molar-refractivity contribution in [2.24, 2.45) is 11.3 Å². The van der Waals surface area contributed by atoms with Gasteiger partial charge in [0.2, 0.25) is 0 Å². The standard InChI is InChI=1S/C16H26BrN/c1-16(2,3)10-9-14(12-18-4)11-13-5-7-15(17)8-6-13/h5-8,14,18H,9-12H2,1-4H3. The van der Waals surface area contributed by atoms with E-state index in [0.29, 0.717) is 5.41 Å². The molecule has 0 saturated heterocycles. The SMILES string of the molecule is CNCC(CCC(C)(C)C)Cc1ccc(Br)cc1. The van der Waals surface area contributed by atoms with Crippen molar-refractivity contribution in [1.29, 1.82) is 0 Å². The highest BCUT2D eigenvalue weighted by Crippen LogP contribution is 2.25. The van der Waals surface area contributed by atoms with Crippen LogP contribution in [0.25, 0.3) is 0 Å². The lowest BCUT2D eigenvalue weighted by atomic mass is 9.84. The van der Waals surface area contributed by atoms with Crippen molar-refractivity contribution in [2.45, 2.75) is 40.0 Å². The monoisotopic (exact) mass is 311 g/mol. The van der Waals surface area contributed by atoms with E-state index in [1.165, 1.54) is 24.8 Å². The molecule has 1 rings (SSSR count). The van der Waals surface area contributed by atoms with Crippen LogP contribution in [0.3, 0.4) is 0 Å². The summed E-state index contributed by atoms with van der Waals surface area (Å²) in [4.78, 5) is 0. The second-order valence-electron chi connectivity index (χ2n) is 6.35. The Labute approximate surface area is 120 Å². The van der Waals surface area contributed by atoms with Gasteiger partial charge in [-0.3, -0.25) is 0 Å². The van der Waals surface area contributed by atoms with Gasteiger partial charge in [-0.15, -0.1) is 0 Å². The maximum atomic E-state index is 3.49. The fraction of sp³-hybridized carbons (Fsp3) is 0.625. The fourth-order valence-electron chi connectivity index (χ4n) is 2.16. The van der Waals surface area contributed by atoms with Crippen LogP contribution in [-0.4, -0.2) is 13.6 Å². The fourth-order valence-corrected chi connectivity index (χ4v) is 2.42. The Hall–Kier alpha value is -0.340. The van der Waals surface area contributed by atoms with Gasteiger partial charge < -0.3 is 5.32 Å². The summed E-state index contributed by atoms with van der Waals surface area (Å²) < 4.78 is 1.16. The molecule has 1 nitrogen and oxygen atoms in total. The molecule has 18 heavy (non-hydrogen) atoms. The van der Waals surface area contributed by atoms with Gasteiger partial charge in [0.15, 0.2) is 0 Å². The van der Waals surface area contributed by atoms with E-state index in [2.05, 4.69) is 66.3 Å². The predicted molar refractivity (Wildman–Crippen MR) is 84.0 cm³/mol. The lowest BCUT2D eigenvalue weighted by Crippen LogP contribution is -2.22. The Morgan fingerprint density at radius 3 is 2.28 bits per heavy atom. The molecule has 0 fully saturated rings. The van der Waals surface area contributed by atoms with Crippen LogP contribution in [0.1, 0.15) is 39.2 Å². The van der Waals surface area contributed by atoms with Crippen LogP contribution in [0.5, 0.6) is 0 Å². The zero-order chi connectivity index (χ0) is 13.6. The molecule has 0 amide bonds. The number of halogens is 1. The number of hydrogen-bond acceptors (Lipinski definition) is 1. The molecule has 0 heterocycles. The molecule has 0 aromatic heterocycles. The summed E-state index contributed by atoms with van der Waals surface area (Å²) in [6.45, 7) is 8.07. The molecule has 1 aromatic rings. The van der Waals surface area contributed by atoms with Gasteiger partial charge >= 0.3 is 0 Å². The van der Waals surface area contributed by atoms with Crippen molar-refractivity contribution in [1.82, 2.24) is 5.32 Å². The third-order valence-electron chi connectivity index (χ3n) is 3.23. The van der Waals surface area contributed by atoms with Gasteiger partial charge in [-0.05, 0) is 61.9 Å². The van der Waals surface area contributed by atoms with E-state index in [1.54, 1.807) is 0 Å². The minimum absolute atomic E-state index is 0.436. The van der Waals surface area contributed by atoms with Crippen LogP contribution < -0.4 is 5.32 Å². The highest BCUT2D eigenvalue weighted by Gasteiger charge is 2.15. The third-order valence-corrected chi connectivity index (χ3v) is 3.76. The number of rotatable bonds is 6. The Bertz CT molecular complexity index is 337. The molecule has 1 atom stereocenters. The number of hydrogen-bond donors (Lipinski definition) is 1. The summed E-state index contributed by atoms with van der Waals surface area (Å²) in [6, 6.07) is 8.72. The molecule has 1 unspecified atom stereocenters. The van der Waals surface area contributed by atoms with Crippen molar-refractivity contribution < 1.29 is 0 Å². The molecule has 2 heteroatoms. The average molecular weight is 312 g/mol. The van der Waals surface area contributed by atoms with Gasteiger partial charge in [-0.2, -0.15) is 0 Å². The van der Waals surface area contributed by atoms with Gasteiger partial charge in [0.1, 0.15) is 0 Å². The summed E-state index contributed by atoms with van der Waals surface area (Å²) in [5.74, 6) is 0.732. The first kappa shape index (κ1) is 15.7. The van der Waals surface area contributed by atoms with Crippen LogP contribution >= 0.6 is 15.9 Å². The van der Waals surface area contributed by atoms with E-state index in [4.69, 9.17) is 0 Å². The van der Waals surface area contributed by atoms with E-state index >= 15 is 0 Å². The molecule has 0 saturated carbocycles. The first-order chi connectivity index (χ1) is 8.40. The van der Waals surface area contributed by atoms with E-state index in [-0.39, 0.29) is 0 Å². The lowest BCUT2D eigenvalue weighted by Gasteiger charge is -2.23. The maximum absolute atomic E-state index is 3.49. The van der Waals surface area contributed by atoms with Gasteiger partial charge in [0.05, 0.1) is 0 Å². The summed E-state index contributed by atoms with van der Waals surface area (Å²) in [5, 5.41) is 3.33. The molecule has 1 N–H and O–H groups in total. The zero-order valence-electron chi connectivity index (χ0n) is 12.1. The van der Waals surface area contributed by atoms with Gasteiger partial charge in [0, 0.05) is 4.47 Å². The van der Waals surface area contributed by atoms with Gasteiger partial charge in [-0.1, -0.05) is 48.8 Å². The number of benzene rings is 1. The van der Waals surface area contributed by atoms with Crippen molar-refractivity contribution in [3.8, 4) is 0 Å². The van der Waals surface area contributed by atoms with Crippen LogP contribution in [-0.2, 0) is 6.42 Å². The molecule has 0 radical (unpaired) electrons. The van der Waals surface area contributed by atoms with Crippen molar-refractivity contribution >= 4 is 15.9 Å². The lowest BCUT2D eigenvalue weighted by molar-refractivity contribution is 0.316. The molecule has 0 aliphatic carbocycles. The Kier molecular flexibility index (Phi) is 6.37. The van der Waals surface area contributed by atoms with Gasteiger partial charge in [-0.25, -0.2) is 0 Å². The normalized spacial score (nSPS) is 13.6. The first-order valence-electron chi connectivity index (χ1n) is 6.80. The second kappa shape index (κ2) is 7.30. The highest BCUT2D eigenvalue weighted by molar-refractivity contribution is 9.10. The molecular formula is C16H26BrN. The molecule has 102 valence electrons. The quantitative estimate of drug-likeness (QED) is 0.806. The maximum Gasteiger partial charge on any atom is 0.0175 e. The second-order valence-corrected chi connectivity index (χ2v) is 7.27. The van der Waals surface area contributed by atoms with Crippen LogP contribution in [0, 0.1) is 11.3 Å². The molecule has 0 spiro atoms. The smallest absolute Gasteiger partial charge is 0.0175 e. The molecule has 0 bridgehead atoms. The molecular weight excluding hydrogens is 286 g/mol. The number of nitrogens with one attached hydrogen (secondary N) is 1. The molecule has 0 aliphatic heterocycles. The Morgan fingerprint density at radius 2 is 1.78 bits per heavy atom. The minimum Gasteiger partial charge on any atom is -0.319 e. The zero-order valence-corrected chi connectivity index (χ0v) is 13.7. The minimum atomic E-state index is 0.436. The summed E-state index contributed by atoms with van der Waals surface area (Å²) in [7, 11) is 2.05. The van der Waals surface area contributed by atoms with Crippen molar-refractivity contribution in [3.05, 3.63) is 34.3 Å². The van der Waals surface area contributed by atoms with E-state index in [1.807, 2.05) is 7.05 Å². The largest absolute Gasteiger partial charge is 0.319 e. The first-order valence-corrected chi connectivity index (χ1v) is 7.59. The molecule has 0 aliphatic rings. The van der Waals surface area contributed by atoms with Crippen molar-refractivity contribution in [3.63, 3.8) is 0 Å². The van der Waals surface area contributed by atoms with E-state index in [9.17, 15) is 0 Å². The summed E-state index contributed by atoms with van der Waals surface area (Å²) in [6.07, 6.45) is 3.75.